The van der Waals surface area contributed by atoms with Crippen LogP contribution >= 0.6 is 0 Å². The third-order valence-corrected chi connectivity index (χ3v) is 4.24. The highest BCUT2D eigenvalue weighted by Gasteiger charge is 2.49. The zero-order valence-electron chi connectivity index (χ0n) is 9.94. The number of rotatable bonds is 2. The van der Waals surface area contributed by atoms with Gasteiger partial charge in [-0.15, -0.1) is 0 Å². The molecule has 2 aliphatic rings. The lowest BCUT2D eigenvalue weighted by molar-refractivity contribution is -0.121. The second kappa shape index (κ2) is 3.84. The molecule has 1 heterocycles. The molecule has 2 bridgehead atoms. The van der Waals surface area contributed by atoms with E-state index in [1.54, 1.807) is 0 Å². The van der Waals surface area contributed by atoms with E-state index in [2.05, 4.69) is 15.5 Å². The van der Waals surface area contributed by atoms with E-state index in [1.807, 2.05) is 13.0 Å². The van der Waals surface area contributed by atoms with Crippen molar-refractivity contribution in [1.82, 2.24) is 10.2 Å². The molecule has 92 valence electrons. The van der Waals surface area contributed by atoms with Crippen LogP contribution in [-0.2, 0) is 4.79 Å². The average Bonchev–Trinajstić information content (AvgIpc) is 2.94. The largest absolute Gasteiger partial charge is 0.327 e. The van der Waals surface area contributed by atoms with Crippen LogP contribution in [0.25, 0.3) is 0 Å². The summed E-state index contributed by atoms with van der Waals surface area (Å²) in [5.74, 6) is 1.65. The first-order valence-corrected chi connectivity index (χ1v) is 6.23. The van der Waals surface area contributed by atoms with Crippen LogP contribution in [0.2, 0.25) is 0 Å². The summed E-state index contributed by atoms with van der Waals surface area (Å²) in [5, 5.41) is 9.69. The fraction of sp³-hybridized carbons (Fsp3) is 0.667. The maximum atomic E-state index is 12.2. The average molecular weight is 234 g/mol. The number of aromatic amines is 1. The minimum absolute atomic E-state index is 0.0224. The van der Waals surface area contributed by atoms with Crippen molar-refractivity contribution in [3.8, 4) is 0 Å². The molecule has 0 radical (unpaired) electrons. The highest BCUT2D eigenvalue weighted by atomic mass is 16.2. The zero-order valence-corrected chi connectivity index (χ0v) is 9.94. The number of aromatic nitrogens is 2. The Kier molecular flexibility index (Phi) is 2.43. The number of nitrogens with two attached hydrogens (primary N) is 1. The molecular weight excluding hydrogens is 216 g/mol. The van der Waals surface area contributed by atoms with Gasteiger partial charge in [-0.25, -0.2) is 0 Å². The first-order chi connectivity index (χ1) is 8.15. The molecule has 4 atom stereocenters. The second-order valence-corrected chi connectivity index (χ2v) is 5.36. The maximum absolute atomic E-state index is 12.2. The summed E-state index contributed by atoms with van der Waals surface area (Å²) in [7, 11) is 0. The second-order valence-electron chi connectivity index (χ2n) is 5.36. The van der Waals surface area contributed by atoms with Crippen LogP contribution in [0.4, 0.5) is 5.82 Å². The molecule has 1 amide bonds. The Morgan fingerprint density at radius 1 is 1.53 bits per heavy atom. The van der Waals surface area contributed by atoms with Crippen molar-refractivity contribution in [1.29, 1.82) is 0 Å². The third kappa shape index (κ3) is 1.74. The van der Waals surface area contributed by atoms with Gasteiger partial charge in [0.15, 0.2) is 5.82 Å². The Morgan fingerprint density at radius 3 is 2.88 bits per heavy atom. The van der Waals surface area contributed by atoms with Gasteiger partial charge in [0.2, 0.25) is 5.91 Å². The number of hydrogen-bond acceptors (Lipinski definition) is 3. The van der Waals surface area contributed by atoms with Gasteiger partial charge in [-0.05, 0) is 38.0 Å². The van der Waals surface area contributed by atoms with Crippen LogP contribution in [0.15, 0.2) is 6.07 Å². The molecule has 5 nitrogen and oxygen atoms in total. The highest BCUT2D eigenvalue weighted by molar-refractivity contribution is 5.92. The van der Waals surface area contributed by atoms with Crippen molar-refractivity contribution in [3.05, 3.63) is 11.8 Å². The monoisotopic (exact) mass is 234 g/mol. The first-order valence-electron chi connectivity index (χ1n) is 6.23. The standard InChI is InChI=1S/C12H18N4O/c1-6-4-9(16-15-6)14-12(17)10-7-2-3-8(5-7)11(10)13/h4,7-8,10-11H,2-3,5,13H2,1H3,(H2,14,15,16,17). The van der Waals surface area contributed by atoms with Gasteiger partial charge in [0.25, 0.3) is 0 Å². The fourth-order valence-corrected chi connectivity index (χ4v) is 3.42. The number of aryl methyl sites for hydroxylation is 1. The Morgan fingerprint density at radius 2 is 2.29 bits per heavy atom. The molecule has 2 fully saturated rings. The Balaban J connectivity index is 1.70. The topological polar surface area (TPSA) is 83.8 Å². The SMILES string of the molecule is Cc1cc(NC(=O)C2C3CCC(C3)C2N)n[nH]1. The minimum atomic E-state index is -0.0224. The number of anilines is 1. The van der Waals surface area contributed by atoms with E-state index < -0.39 is 0 Å². The summed E-state index contributed by atoms with van der Waals surface area (Å²) in [6.45, 7) is 1.91. The van der Waals surface area contributed by atoms with E-state index in [-0.39, 0.29) is 17.9 Å². The molecule has 0 saturated heterocycles. The molecule has 1 aromatic rings. The van der Waals surface area contributed by atoms with E-state index in [0.29, 0.717) is 17.7 Å². The number of carbonyl (C=O) groups is 1. The molecule has 2 saturated carbocycles. The van der Waals surface area contributed by atoms with Crippen molar-refractivity contribution in [3.63, 3.8) is 0 Å². The summed E-state index contributed by atoms with van der Waals surface area (Å²) < 4.78 is 0. The molecule has 5 heteroatoms. The summed E-state index contributed by atoms with van der Waals surface area (Å²) in [4.78, 5) is 12.2. The number of H-pyrrole nitrogens is 1. The summed E-state index contributed by atoms with van der Waals surface area (Å²) >= 11 is 0. The van der Waals surface area contributed by atoms with Gasteiger partial charge < -0.3 is 11.1 Å². The number of nitrogens with zero attached hydrogens (tertiary/aromatic N) is 1. The van der Waals surface area contributed by atoms with Gasteiger partial charge in [-0.2, -0.15) is 5.10 Å². The van der Waals surface area contributed by atoms with E-state index in [4.69, 9.17) is 5.73 Å². The van der Waals surface area contributed by atoms with E-state index in [0.717, 1.165) is 18.5 Å². The molecular formula is C12H18N4O. The Labute approximate surface area is 100 Å². The van der Waals surface area contributed by atoms with Gasteiger partial charge >= 0.3 is 0 Å². The maximum Gasteiger partial charge on any atom is 0.230 e. The lowest BCUT2D eigenvalue weighted by atomic mass is 9.84. The van der Waals surface area contributed by atoms with Gasteiger partial charge in [0.05, 0.1) is 5.92 Å². The summed E-state index contributed by atoms with van der Waals surface area (Å²) in [6.07, 6.45) is 3.46. The van der Waals surface area contributed by atoms with Gasteiger partial charge in [-0.1, -0.05) is 0 Å². The number of hydrogen-bond donors (Lipinski definition) is 3. The number of carbonyl (C=O) groups excluding carboxylic acids is 1. The van der Waals surface area contributed by atoms with Crippen molar-refractivity contribution >= 4 is 11.7 Å². The van der Waals surface area contributed by atoms with Crippen LogP contribution in [-0.4, -0.2) is 22.1 Å². The number of nitrogens with one attached hydrogen (secondary N) is 2. The molecule has 4 N–H and O–H groups in total. The predicted molar refractivity (Wildman–Crippen MR) is 64.3 cm³/mol. The van der Waals surface area contributed by atoms with Crippen molar-refractivity contribution in [2.75, 3.05) is 5.32 Å². The van der Waals surface area contributed by atoms with Gasteiger partial charge in [0, 0.05) is 17.8 Å². The molecule has 17 heavy (non-hydrogen) atoms. The first kappa shape index (κ1) is 10.8. The number of fused-ring (bicyclic) bond motifs is 2. The predicted octanol–water partition coefficient (Wildman–Crippen LogP) is 1.03. The number of amides is 1. The Hall–Kier alpha value is -1.36. The van der Waals surface area contributed by atoms with Crippen molar-refractivity contribution < 1.29 is 4.79 Å². The molecule has 3 rings (SSSR count). The van der Waals surface area contributed by atoms with Gasteiger partial charge in [-0.3, -0.25) is 9.89 Å². The van der Waals surface area contributed by atoms with E-state index in [1.165, 1.54) is 6.42 Å². The third-order valence-electron chi connectivity index (χ3n) is 4.24. The van der Waals surface area contributed by atoms with Crippen molar-refractivity contribution in [2.24, 2.45) is 23.5 Å². The zero-order chi connectivity index (χ0) is 12.0. The summed E-state index contributed by atoms with van der Waals surface area (Å²) in [6, 6.07) is 1.87. The molecule has 0 aromatic carbocycles. The van der Waals surface area contributed by atoms with Crippen LogP contribution in [0.1, 0.15) is 25.0 Å². The fourth-order valence-electron chi connectivity index (χ4n) is 3.42. The van der Waals surface area contributed by atoms with Crippen LogP contribution in [0.3, 0.4) is 0 Å². The summed E-state index contributed by atoms with van der Waals surface area (Å²) in [5.41, 5.74) is 7.08. The minimum Gasteiger partial charge on any atom is -0.327 e. The van der Waals surface area contributed by atoms with Crippen LogP contribution < -0.4 is 11.1 Å². The lowest BCUT2D eigenvalue weighted by Crippen LogP contribution is -2.42. The molecule has 2 aliphatic carbocycles. The molecule has 0 aliphatic heterocycles. The lowest BCUT2D eigenvalue weighted by Gasteiger charge is -2.26. The van der Waals surface area contributed by atoms with E-state index in [9.17, 15) is 4.79 Å². The quantitative estimate of drug-likeness (QED) is 0.714. The molecule has 4 unspecified atom stereocenters. The smallest absolute Gasteiger partial charge is 0.230 e. The van der Waals surface area contributed by atoms with Crippen molar-refractivity contribution in [2.45, 2.75) is 32.2 Å². The molecule has 1 aromatic heterocycles. The Bertz CT molecular complexity index is 439. The van der Waals surface area contributed by atoms with Crippen LogP contribution in [0, 0.1) is 24.7 Å². The van der Waals surface area contributed by atoms with Crippen LogP contribution in [0.5, 0.6) is 0 Å². The van der Waals surface area contributed by atoms with Gasteiger partial charge in [0.1, 0.15) is 0 Å². The normalized spacial score (nSPS) is 35.2. The molecule has 0 spiro atoms. The van der Waals surface area contributed by atoms with E-state index >= 15 is 0 Å². The highest BCUT2D eigenvalue weighted by Crippen LogP contribution is 2.47.